The SMILES string of the molecule is C=CC(=O)OCC(Nc1ccccc1)OC. The highest BCUT2D eigenvalue weighted by Gasteiger charge is 2.08. The van der Waals surface area contributed by atoms with Crippen LogP contribution >= 0.6 is 0 Å². The Labute approximate surface area is 94.9 Å². The predicted molar refractivity (Wildman–Crippen MR) is 62.0 cm³/mol. The molecule has 1 N–H and O–H groups in total. The van der Waals surface area contributed by atoms with Crippen molar-refractivity contribution in [3.63, 3.8) is 0 Å². The molecule has 1 atom stereocenters. The quantitative estimate of drug-likeness (QED) is 0.452. The van der Waals surface area contributed by atoms with Crippen LogP contribution in [0.15, 0.2) is 43.0 Å². The van der Waals surface area contributed by atoms with Crippen molar-refractivity contribution in [3.8, 4) is 0 Å². The first-order valence-corrected chi connectivity index (χ1v) is 4.90. The average Bonchev–Trinajstić information content (AvgIpc) is 2.35. The van der Waals surface area contributed by atoms with Crippen molar-refractivity contribution >= 4 is 11.7 Å². The molecule has 4 nitrogen and oxygen atoms in total. The van der Waals surface area contributed by atoms with Gasteiger partial charge in [-0.15, -0.1) is 0 Å². The molecular formula is C12H15NO3. The molecule has 0 amide bonds. The lowest BCUT2D eigenvalue weighted by atomic mass is 10.3. The second kappa shape index (κ2) is 6.63. The normalized spacial score (nSPS) is 11.6. The highest BCUT2D eigenvalue weighted by molar-refractivity contribution is 5.81. The third-order valence-electron chi connectivity index (χ3n) is 1.93. The van der Waals surface area contributed by atoms with Crippen molar-refractivity contribution < 1.29 is 14.3 Å². The van der Waals surface area contributed by atoms with Crippen molar-refractivity contribution in [2.24, 2.45) is 0 Å². The van der Waals surface area contributed by atoms with Gasteiger partial charge in [-0.2, -0.15) is 0 Å². The molecule has 0 aliphatic carbocycles. The number of carbonyl (C=O) groups is 1. The molecule has 1 rings (SSSR count). The van der Waals surface area contributed by atoms with Crippen LogP contribution < -0.4 is 5.32 Å². The Kier molecular flexibility index (Phi) is 5.08. The minimum atomic E-state index is -0.461. The van der Waals surface area contributed by atoms with Gasteiger partial charge in [0.1, 0.15) is 6.61 Å². The van der Waals surface area contributed by atoms with Crippen LogP contribution in [0.5, 0.6) is 0 Å². The van der Waals surface area contributed by atoms with Gasteiger partial charge in [-0.25, -0.2) is 4.79 Å². The lowest BCUT2D eigenvalue weighted by Crippen LogP contribution is -2.28. The van der Waals surface area contributed by atoms with Gasteiger partial charge in [0.2, 0.25) is 0 Å². The van der Waals surface area contributed by atoms with Crippen LogP contribution in [0.1, 0.15) is 0 Å². The minimum absolute atomic E-state index is 0.135. The molecule has 0 aromatic heterocycles. The van der Waals surface area contributed by atoms with Gasteiger partial charge in [0.25, 0.3) is 0 Å². The Morgan fingerprint density at radius 2 is 2.19 bits per heavy atom. The van der Waals surface area contributed by atoms with Crippen LogP contribution in [0, 0.1) is 0 Å². The Bertz CT molecular complexity index is 337. The van der Waals surface area contributed by atoms with E-state index < -0.39 is 5.97 Å². The largest absolute Gasteiger partial charge is 0.458 e. The van der Waals surface area contributed by atoms with E-state index in [1.165, 1.54) is 0 Å². The highest BCUT2D eigenvalue weighted by atomic mass is 16.6. The van der Waals surface area contributed by atoms with Gasteiger partial charge in [-0.05, 0) is 12.1 Å². The molecule has 0 radical (unpaired) electrons. The van der Waals surface area contributed by atoms with E-state index in [0.717, 1.165) is 11.8 Å². The molecule has 1 aromatic carbocycles. The molecule has 0 heterocycles. The lowest BCUT2D eigenvalue weighted by molar-refractivity contribution is -0.140. The van der Waals surface area contributed by atoms with E-state index in [-0.39, 0.29) is 12.8 Å². The molecular weight excluding hydrogens is 206 g/mol. The van der Waals surface area contributed by atoms with Crippen molar-refractivity contribution in [1.29, 1.82) is 0 Å². The van der Waals surface area contributed by atoms with E-state index in [1.54, 1.807) is 7.11 Å². The molecule has 0 aliphatic heterocycles. The van der Waals surface area contributed by atoms with Crippen molar-refractivity contribution in [2.45, 2.75) is 6.23 Å². The molecule has 86 valence electrons. The zero-order valence-corrected chi connectivity index (χ0v) is 9.18. The first kappa shape index (κ1) is 12.3. The molecule has 1 aromatic rings. The fraction of sp³-hybridized carbons (Fsp3) is 0.250. The molecule has 0 aliphatic rings. The number of para-hydroxylation sites is 1. The summed E-state index contributed by atoms with van der Waals surface area (Å²) in [6.07, 6.45) is 0.751. The average molecular weight is 221 g/mol. The number of methoxy groups -OCH3 is 1. The van der Waals surface area contributed by atoms with Gasteiger partial charge in [-0.1, -0.05) is 24.8 Å². The molecule has 0 fully saturated rings. The summed E-state index contributed by atoms with van der Waals surface area (Å²) in [6, 6.07) is 9.54. The number of hydrogen-bond acceptors (Lipinski definition) is 4. The number of anilines is 1. The Hall–Kier alpha value is -1.81. The smallest absolute Gasteiger partial charge is 0.330 e. The predicted octanol–water partition coefficient (Wildman–Crippen LogP) is 1.80. The standard InChI is InChI=1S/C12H15NO3/c1-3-12(14)16-9-11(15-2)13-10-7-5-4-6-8-10/h3-8,11,13H,1,9H2,2H3. The van der Waals surface area contributed by atoms with Crippen molar-refractivity contribution in [2.75, 3.05) is 19.0 Å². The van der Waals surface area contributed by atoms with Gasteiger partial charge in [0.15, 0.2) is 6.23 Å². The summed E-state index contributed by atoms with van der Waals surface area (Å²) in [4.78, 5) is 10.9. The number of rotatable bonds is 6. The summed E-state index contributed by atoms with van der Waals surface area (Å²) in [7, 11) is 1.54. The third-order valence-corrected chi connectivity index (χ3v) is 1.93. The van der Waals surface area contributed by atoms with E-state index in [4.69, 9.17) is 9.47 Å². The fourth-order valence-corrected chi connectivity index (χ4v) is 1.11. The maximum atomic E-state index is 10.9. The molecule has 0 saturated heterocycles. The van der Waals surface area contributed by atoms with Crippen LogP contribution in [0.3, 0.4) is 0 Å². The number of ether oxygens (including phenoxy) is 2. The van der Waals surface area contributed by atoms with E-state index in [9.17, 15) is 4.79 Å². The summed E-state index contributed by atoms with van der Waals surface area (Å²) >= 11 is 0. The first-order valence-electron chi connectivity index (χ1n) is 4.90. The molecule has 0 bridgehead atoms. The third kappa shape index (κ3) is 4.14. The van der Waals surface area contributed by atoms with Gasteiger partial charge < -0.3 is 14.8 Å². The summed E-state index contributed by atoms with van der Waals surface area (Å²) < 4.78 is 10.00. The molecule has 0 saturated carbocycles. The highest BCUT2D eigenvalue weighted by Crippen LogP contribution is 2.07. The fourth-order valence-electron chi connectivity index (χ4n) is 1.11. The lowest BCUT2D eigenvalue weighted by Gasteiger charge is -2.17. The molecule has 16 heavy (non-hydrogen) atoms. The second-order valence-corrected chi connectivity index (χ2v) is 3.07. The first-order chi connectivity index (χ1) is 7.76. The van der Waals surface area contributed by atoms with Crippen LogP contribution in [-0.2, 0) is 14.3 Å². The molecule has 4 heteroatoms. The number of hydrogen-bond donors (Lipinski definition) is 1. The Morgan fingerprint density at radius 3 is 2.75 bits per heavy atom. The number of nitrogens with one attached hydrogen (secondary N) is 1. The molecule has 0 spiro atoms. The zero-order chi connectivity index (χ0) is 11.8. The number of carbonyl (C=O) groups excluding carboxylic acids is 1. The summed E-state index contributed by atoms with van der Waals surface area (Å²) in [5, 5.41) is 3.07. The number of esters is 1. The van der Waals surface area contributed by atoms with Gasteiger partial charge >= 0.3 is 5.97 Å². The Balaban J connectivity index is 2.43. The monoisotopic (exact) mass is 221 g/mol. The zero-order valence-electron chi connectivity index (χ0n) is 9.18. The second-order valence-electron chi connectivity index (χ2n) is 3.07. The summed E-state index contributed by atoms with van der Waals surface area (Å²) in [6.45, 7) is 3.45. The van der Waals surface area contributed by atoms with Gasteiger partial charge in [0, 0.05) is 18.9 Å². The van der Waals surface area contributed by atoms with Crippen molar-refractivity contribution in [3.05, 3.63) is 43.0 Å². The van der Waals surface area contributed by atoms with E-state index >= 15 is 0 Å². The topological polar surface area (TPSA) is 47.6 Å². The van der Waals surface area contributed by atoms with Crippen molar-refractivity contribution in [1.82, 2.24) is 0 Å². The van der Waals surface area contributed by atoms with Crippen LogP contribution in [0.2, 0.25) is 0 Å². The van der Waals surface area contributed by atoms with Crippen LogP contribution in [0.25, 0.3) is 0 Å². The van der Waals surface area contributed by atoms with Gasteiger partial charge in [0.05, 0.1) is 0 Å². The maximum absolute atomic E-state index is 10.9. The van der Waals surface area contributed by atoms with E-state index in [1.807, 2.05) is 30.3 Å². The molecule has 1 unspecified atom stereocenters. The summed E-state index contributed by atoms with van der Waals surface area (Å²) in [5.41, 5.74) is 0.906. The minimum Gasteiger partial charge on any atom is -0.458 e. The Morgan fingerprint density at radius 1 is 1.50 bits per heavy atom. The van der Waals surface area contributed by atoms with E-state index in [2.05, 4.69) is 11.9 Å². The van der Waals surface area contributed by atoms with E-state index in [0.29, 0.717) is 0 Å². The van der Waals surface area contributed by atoms with Crippen LogP contribution in [0.4, 0.5) is 5.69 Å². The summed E-state index contributed by atoms with van der Waals surface area (Å²) in [5.74, 6) is -0.461. The maximum Gasteiger partial charge on any atom is 0.330 e. The van der Waals surface area contributed by atoms with Crippen LogP contribution in [-0.4, -0.2) is 25.9 Å². The van der Waals surface area contributed by atoms with Gasteiger partial charge in [-0.3, -0.25) is 0 Å². The number of benzene rings is 1.